The zero-order valence-electron chi connectivity index (χ0n) is 12.7. The Bertz CT molecular complexity index is 411. The quantitative estimate of drug-likeness (QED) is 0.840. The predicted octanol–water partition coefficient (Wildman–Crippen LogP) is 3.82. The third-order valence-electron chi connectivity index (χ3n) is 3.75. The Morgan fingerprint density at radius 3 is 2.79 bits per heavy atom. The minimum absolute atomic E-state index is 0.306. The third kappa shape index (κ3) is 3.97. The largest absolute Gasteiger partial charge is 0.493 e. The Hall–Kier alpha value is -1.02. The summed E-state index contributed by atoms with van der Waals surface area (Å²) in [4.78, 5) is 0. The molecule has 0 radical (unpaired) electrons. The first-order valence-electron chi connectivity index (χ1n) is 7.40. The highest BCUT2D eigenvalue weighted by molar-refractivity contribution is 5.39. The van der Waals surface area contributed by atoms with Crippen LogP contribution in [0.15, 0.2) is 24.3 Å². The van der Waals surface area contributed by atoms with Crippen LogP contribution in [0.4, 0.5) is 0 Å². The van der Waals surface area contributed by atoms with Crippen LogP contribution < -0.4 is 10.1 Å². The van der Waals surface area contributed by atoms with Gasteiger partial charge in [0.1, 0.15) is 5.75 Å². The molecule has 1 aromatic rings. The number of hydrogen-bond acceptors (Lipinski definition) is 2. The minimum atomic E-state index is 0.306. The fourth-order valence-electron chi connectivity index (χ4n) is 2.84. The van der Waals surface area contributed by atoms with E-state index in [1.807, 2.05) is 0 Å². The lowest BCUT2D eigenvalue weighted by molar-refractivity contribution is 0.249. The highest BCUT2D eigenvalue weighted by atomic mass is 16.5. The summed E-state index contributed by atoms with van der Waals surface area (Å²) in [5.74, 6) is 2.34. The Morgan fingerprint density at radius 1 is 1.32 bits per heavy atom. The van der Waals surface area contributed by atoms with Crippen molar-refractivity contribution in [3.05, 3.63) is 29.8 Å². The predicted molar refractivity (Wildman–Crippen MR) is 80.8 cm³/mol. The van der Waals surface area contributed by atoms with Gasteiger partial charge in [0.25, 0.3) is 0 Å². The Morgan fingerprint density at radius 2 is 2.05 bits per heavy atom. The van der Waals surface area contributed by atoms with Crippen LogP contribution in [-0.2, 0) is 0 Å². The van der Waals surface area contributed by atoms with Crippen LogP contribution in [0.2, 0.25) is 0 Å². The average Bonchev–Trinajstić information content (AvgIpc) is 2.71. The lowest BCUT2D eigenvalue weighted by atomic mass is 9.80. The summed E-state index contributed by atoms with van der Waals surface area (Å²) in [6.45, 7) is 12.2. The summed E-state index contributed by atoms with van der Waals surface area (Å²) >= 11 is 0. The molecule has 0 spiro atoms. The van der Waals surface area contributed by atoms with E-state index in [1.165, 1.54) is 12.0 Å². The molecule has 1 atom stereocenters. The second kappa shape index (κ2) is 5.96. The number of rotatable bonds is 6. The average molecular weight is 261 g/mol. The SMILES string of the molecule is CC(C)CNCC(C)(C)CC1COc2ccccc21. The van der Waals surface area contributed by atoms with E-state index in [9.17, 15) is 0 Å². The summed E-state index contributed by atoms with van der Waals surface area (Å²) in [7, 11) is 0. The molecule has 1 aliphatic rings. The molecule has 2 heteroatoms. The summed E-state index contributed by atoms with van der Waals surface area (Å²) in [6, 6.07) is 8.46. The number of para-hydroxylation sites is 1. The van der Waals surface area contributed by atoms with Crippen molar-refractivity contribution < 1.29 is 4.74 Å². The first-order valence-corrected chi connectivity index (χ1v) is 7.40. The lowest BCUT2D eigenvalue weighted by Gasteiger charge is -2.28. The maximum Gasteiger partial charge on any atom is 0.122 e. The molecule has 0 aliphatic carbocycles. The van der Waals surface area contributed by atoms with Crippen molar-refractivity contribution in [1.82, 2.24) is 5.32 Å². The lowest BCUT2D eigenvalue weighted by Crippen LogP contribution is -2.33. The monoisotopic (exact) mass is 261 g/mol. The van der Waals surface area contributed by atoms with E-state index >= 15 is 0 Å². The highest BCUT2D eigenvalue weighted by Crippen LogP contribution is 2.40. The van der Waals surface area contributed by atoms with E-state index in [0.29, 0.717) is 17.3 Å². The maximum absolute atomic E-state index is 5.78. The molecule has 1 aliphatic heterocycles. The second-order valence-corrected chi connectivity index (χ2v) is 6.94. The number of benzene rings is 1. The van der Waals surface area contributed by atoms with Gasteiger partial charge in [-0.25, -0.2) is 0 Å². The smallest absolute Gasteiger partial charge is 0.122 e. The van der Waals surface area contributed by atoms with Crippen molar-refractivity contribution in [2.24, 2.45) is 11.3 Å². The van der Waals surface area contributed by atoms with Crippen LogP contribution in [0.1, 0.15) is 45.6 Å². The third-order valence-corrected chi connectivity index (χ3v) is 3.75. The summed E-state index contributed by atoms with van der Waals surface area (Å²) in [5.41, 5.74) is 1.69. The van der Waals surface area contributed by atoms with Crippen LogP contribution >= 0.6 is 0 Å². The molecular weight excluding hydrogens is 234 g/mol. The number of hydrogen-bond donors (Lipinski definition) is 1. The van der Waals surface area contributed by atoms with Gasteiger partial charge in [0.15, 0.2) is 0 Å². The van der Waals surface area contributed by atoms with Gasteiger partial charge in [-0.2, -0.15) is 0 Å². The Balaban J connectivity index is 1.90. The van der Waals surface area contributed by atoms with Crippen LogP contribution in [0.5, 0.6) is 5.75 Å². The van der Waals surface area contributed by atoms with Gasteiger partial charge in [-0.1, -0.05) is 45.9 Å². The first-order chi connectivity index (χ1) is 8.98. The molecule has 19 heavy (non-hydrogen) atoms. The fraction of sp³-hybridized carbons (Fsp3) is 0.647. The molecule has 1 N–H and O–H groups in total. The van der Waals surface area contributed by atoms with Crippen LogP contribution in [0.25, 0.3) is 0 Å². The molecule has 1 unspecified atom stereocenters. The van der Waals surface area contributed by atoms with Crippen LogP contribution in [0, 0.1) is 11.3 Å². The number of nitrogens with one attached hydrogen (secondary N) is 1. The van der Waals surface area contributed by atoms with Gasteiger partial charge in [-0.15, -0.1) is 0 Å². The first kappa shape index (κ1) is 14.4. The number of ether oxygens (including phenoxy) is 1. The second-order valence-electron chi connectivity index (χ2n) is 6.94. The van der Waals surface area contributed by atoms with Gasteiger partial charge in [0.2, 0.25) is 0 Å². The van der Waals surface area contributed by atoms with E-state index in [2.05, 4.69) is 57.3 Å². The highest BCUT2D eigenvalue weighted by Gasteiger charge is 2.30. The van der Waals surface area contributed by atoms with Crippen molar-refractivity contribution in [1.29, 1.82) is 0 Å². The van der Waals surface area contributed by atoms with Crippen LogP contribution in [0.3, 0.4) is 0 Å². The van der Waals surface area contributed by atoms with Crippen molar-refractivity contribution in [2.75, 3.05) is 19.7 Å². The normalized spacial score (nSPS) is 18.5. The topological polar surface area (TPSA) is 21.3 Å². The van der Waals surface area contributed by atoms with Crippen molar-refractivity contribution >= 4 is 0 Å². The van der Waals surface area contributed by atoms with Crippen molar-refractivity contribution in [3.63, 3.8) is 0 Å². The zero-order chi connectivity index (χ0) is 13.9. The molecule has 2 nitrogen and oxygen atoms in total. The molecule has 1 heterocycles. The summed E-state index contributed by atoms with van der Waals surface area (Å²) < 4.78 is 5.78. The number of fused-ring (bicyclic) bond motifs is 1. The fourth-order valence-corrected chi connectivity index (χ4v) is 2.84. The molecule has 0 amide bonds. The van der Waals surface area contributed by atoms with Gasteiger partial charge in [0, 0.05) is 18.0 Å². The van der Waals surface area contributed by atoms with Gasteiger partial charge in [-0.05, 0) is 30.4 Å². The summed E-state index contributed by atoms with van der Waals surface area (Å²) in [6.07, 6.45) is 1.18. The van der Waals surface area contributed by atoms with E-state index in [-0.39, 0.29) is 0 Å². The molecule has 0 fully saturated rings. The Kier molecular flexibility index (Phi) is 4.51. The van der Waals surface area contributed by atoms with Gasteiger partial charge in [-0.3, -0.25) is 0 Å². The molecule has 0 bridgehead atoms. The van der Waals surface area contributed by atoms with Gasteiger partial charge < -0.3 is 10.1 Å². The maximum atomic E-state index is 5.78. The zero-order valence-corrected chi connectivity index (χ0v) is 12.7. The Labute approximate surface area is 117 Å². The van der Waals surface area contributed by atoms with Gasteiger partial charge >= 0.3 is 0 Å². The van der Waals surface area contributed by atoms with Crippen molar-refractivity contribution in [2.45, 2.75) is 40.0 Å². The molecular formula is C17H27NO. The minimum Gasteiger partial charge on any atom is -0.493 e. The molecule has 0 saturated carbocycles. The standard InChI is InChI=1S/C17H27NO/c1-13(2)10-18-12-17(3,4)9-14-11-19-16-8-6-5-7-15(14)16/h5-8,13-14,18H,9-12H2,1-4H3. The molecule has 106 valence electrons. The van der Waals surface area contributed by atoms with E-state index in [0.717, 1.165) is 25.4 Å². The van der Waals surface area contributed by atoms with Gasteiger partial charge in [0.05, 0.1) is 6.61 Å². The van der Waals surface area contributed by atoms with E-state index in [4.69, 9.17) is 4.74 Å². The van der Waals surface area contributed by atoms with Crippen molar-refractivity contribution in [3.8, 4) is 5.75 Å². The molecule has 2 rings (SSSR count). The van der Waals surface area contributed by atoms with Crippen LogP contribution in [-0.4, -0.2) is 19.7 Å². The summed E-state index contributed by atoms with van der Waals surface area (Å²) in [5, 5.41) is 3.58. The van der Waals surface area contributed by atoms with E-state index in [1.54, 1.807) is 0 Å². The van der Waals surface area contributed by atoms with E-state index < -0.39 is 0 Å². The molecule has 1 aromatic carbocycles. The molecule has 0 saturated heterocycles. The molecule has 0 aromatic heterocycles.